The minimum Gasteiger partial charge on any atom is -0.467 e. The van der Waals surface area contributed by atoms with E-state index in [4.69, 9.17) is 4.42 Å². The van der Waals surface area contributed by atoms with Crippen molar-refractivity contribution in [1.29, 1.82) is 0 Å². The first kappa shape index (κ1) is 14.3. The van der Waals surface area contributed by atoms with Crippen LogP contribution in [0.4, 0.5) is 4.79 Å². The lowest BCUT2D eigenvalue weighted by Gasteiger charge is -2.40. The molecule has 2 rings (SSSR count). The number of hydrogen-bond donors (Lipinski definition) is 1. The molecule has 1 fully saturated rings. The molecule has 2 heterocycles. The van der Waals surface area contributed by atoms with E-state index in [0.717, 1.165) is 4.90 Å². The maximum absolute atomic E-state index is 12.7. The highest BCUT2D eigenvalue weighted by molar-refractivity contribution is 6.19. The second-order valence-corrected chi connectivity index (χ2v) is 4.92. The molecule has 108 valence electrons. The number of rotatable bonds is 4. The lowest BCUT2D eigenvalue weighted by molar-refractivity contribution is -0.153. The number of amides is 4. The summed E-state index contributed by atoms with van der Waals surface area (Å²) in [5.74, 6) is -0.468. The molecule has 1 saturated heterocycles. The second-order valence-electron chi connectivity index (χ2n) is 4.92. The van der Waals surface area contributed by atoms with E-state index >= 15 is 0 Å². The van der Waals surface area contributed by atoms with Crippen LogP contribution in [-0.2, 0) is 9.59 Å². The van der Waals surface area contributed by atoms with Crippen LogP contribution in [0.15, 0.2) is 22.8 Å². The van der Waals surface area contributed by atoms with Crippen molar-refractivity contribution in [3.05, 3.63) is 24.2 Å². The van der Waals surface area contributed by atoms with Crippen molar-refractivity contribution in [3.63, 3.8) is 0 Å². The number of nitrogens with one attached hydrogen (secondary N) is 1. The molecule has 1 unspecified atom stereocenters. The second kappa shape index (κ2) is 5.11. The van der Waals surface area contributed by atoms with Crippen molar-refractivity contribution < 1.29 is 18.8 Å². The van der Waals surface area contributed by atoms with Gasteiger partial charge in [-0.2, -0.15) is 0 Å². The average Bonchev–Trinajstić information content (AvgIpc) is 2.93. The smallest absolute Gasteiger partial charge is 0.331 e. The van der Waals surface area contributed by atoms with Gasteiger partial charge < -0.3 is 4.42 Å². The van der Waals surface area contributed by atoms with Crippen LogP contribution < -0.4 is 5.32 Å². The van der Waals surface area contributed by atoms with Gasteiger partial charge in [-0.05, 0) is 31.9 Å². The Morgan fingerprint density at radius 3 is 2.45 bits per heavy atom. The first-order valence-electron chi connectivity index (χ1n) is 6.70. The van der Waals surface area contributed by atoms with Gasteiger partial charge in [-0.25, -0.2) is 4.79 Å². The lowest BCUT2D eigenvalue weighted by atomic mass is 9.78. The third kappa shape index (κ3) is 1.92. The molecule has 0 saturated carbocycles. The van der Waals surface area contributed by atoms with Gasteiger partial charge in [0.2, 0.25) is 11.8 Å². The molecule has 0 spiro atoms. The molecule has 20 heavy (non-hydrogen) atoms. The Labute approximate surface area is 117 Å². The van der Waals surface area contributed by atoms with Crippen LogP contribution in [0.5, 0.6) is 0 Å². The van der Waals surface area contributed by atoms with Crippen LogP contribution >= 0.6 is 0 Å². The van der Waals surface area contributed by atoms with E-state index in [1.165, 1.54) is 6.26 Å². The van der Waals surface area contributed by atoms with Crippen molar-refractivity contribution in [1.82, 2.24) is 10.2 Å². The average molecular weight is 278 g/mol. The van der Waals surface area contributed by atoms with E-state index in [1.54, 1.807) is 32.9 Å². The Morgan fingerprint density at radius 2 is 1.95 bits per heavy atom. The fraction of sp³-hybridized carbons (Fsp3) is 0.500. The van der Waals surface area contributed by atoms with E-state index < -0.39 is 29.3 Å². The predicted molar refractivity (Wildman–Crippen MR) is 70.5 cm³/mol. The monoisotopic (exact) mass is 278 g/mol. The zero-order valence-electron chi connectivity index (χ0n) is 11.8. The number of carbonyl (C=O) groups is 3. The zero-order chi connectivity index (χ0) is 14.9. The molecule has 0 aliphatic carbocycles. The largest absolute Gasteiger partial charge is 0.467 e. The van der Waals surface area contributed by atoms with E-state index in [-0.39, 0.29) is 0 Å². The predicted octanol–water partition coefficient (Wildman–Crippen LogP) is 2.23. The molecule has 1 atom stereocenters. The van der Waals surface area contributed by atoms with Crippen LogP contribution in [0.2, 0.25) is 0 Å². The van der Waals surface area contributed by atoms with Crippen LogP contribution in [0, 0.1) is 5.41 Å². The highest BCUT2D eigenvalue weighted by Crippen LogP contribution is 2.36. The van der Waals surface area contributed by atoms with Crippen LogP contribution in [-0.4, -0.2) is 22.7 Å². The Hall–Kier alpha value is -2.11. The summed E-state index contributed by atoms with van der Waals surface area (Å²) in [6.45, 7) is 5.24. The van der Waals surface area contributed by atoms with E-state index in [0.29, 0.717) is 18.6 Å². The Kier molecular flexibility index (Phi) is 3.65. The number of carbonyl (C=O) groups excluding carboxylic acids is 3. The number of urea groups is 1. The van der Waals surface area contributed by atoms with E-state index in [9.17, 15) is 14.4 Å². The molecule has 4 amide bonds. The molecule has 1 aromatic heterocycles. The summed E-state index contributed by atoms with van der Waals surface area (Å²) in [5.41, 5.74) is -1.17. The quantitative estimate of drug-likeness (QED) is 0.856. The molecule has 6 nitrogen and oxygen atoms in total. The molecule has 0 radical (unpaired) electrons. The number of furan rings is 1. The molecule has 1 aliphatic heterocycles. The highest BCUT2D eigenvalue weighted by atomic mass is 16.3. The lowest BCUT2D eigenvalue weighted by Crippen LogP contribution is -2.63. The highest BCUT2D eigenvalue weighted by Gasteiger charge is 2.53. The number of nitrogens with zero attached hydrogens (tertiary/aromatic N) is 1. The summed E-state index contributed by atoms with van der Waals surface area (Å²) >= 11 is 0. The van der Waals surface area contributed by atoms with Gasteiger partial charge in [-0.1, -0.05) is 13.8 Å². The summed E-state index contributed by atoms with van der Waals surface area (Å²) in [5, 5.41) is 2.28. The van der Waals surface area contributed by atoms with Gasteiger partial charge in [0.15, 0.2) is 0 Å². The maximum Gasteiger partial charge on any atom is 0.331 e. The molecule has 0 aromatic carbocycles. The van der Waals surface area contributed by atoms with Gasteiger partial charge in [0.25, 0.3) is 0 Å². The molecular weight excluding hydrogens is 260 g/mol. The first-order chi connectivity index (χ1) is 9.47. The third-order valence-corrected chi connectivity index (χ3v) is 4.05. The van der Waals surface area contributed by atoms with Crippen molar-refractivity contribution >= 4 is 17.8 Å². The molecule has 0 bridgehead atoms. The van der Waals surface area contributed by atoms with Gasteiger partial charge >= 0.3 is 6.03 Å². The van der Waals surface area contributed by atoms with Crippen molar-refractivity contribution in [2.75, 3.05) is 0 Å². The Balaban J connectivity index is 2.40. The summed E-state index contributed by atoms with van der Waals surface area (Å²) < 4.78 is 5.25. The Bertz CT molecular complexity index is 531. The van der Waals surface area contributed by atoms with Crippen molar-refractivity contribution in [2.45, 2.75) is 39.7 Å². The molecule has 1 aliphatic rings. The fourth-order valence-corrected chi connectivity index (χ4v) is 2.58. The first-order valence-corrected chi connectivity index (χ1v) is 6.70. The van der Waals surface area contributed by atoms with Gasteiger partial charge in [-0.15, -0.1) is 0 Å². The normalized spacial score (nSPS) is 19.9. The molecule has 6 heteroatoms. The standard InChI is InChI=1S/C14H18N2O4/c1-4-14(5-2)11(17)15-13(19)16(12(14)18)9(3)10-7-6-8-20-10/h6-9H,4-5H2,1-3H3,(H,15,17,19). The van der Waals surface area contributed by atoms with E-state index in [2.05, 4.69) is 5.32 Å². The van der Waals surface area contributed by atoms with Crippen LogP contribution in [0.25, 0.3) is 0 Å². The molecule has 1 aromatic rings. The van der Waals surface area contributed by atoms with Gasteiger partial charge in [0, 0.05) is 0 Å². The van der Waals surface area contributed by atoms with Crippen LogP contribution in [0.1, 0.15) is 45.4 Å². The van der Waals surface area contributed by atoms with Gasteiger partial charge in [-0.3, -0.25) is 19.8 Å². The van der Waals surface area contributed by atoms with Crippen LogP contribution in [0.3, 0.4) is 0 Å². The minimum atomic E-state index is -1.17. The Morgan fingerprint density at radius 1 is 1.30 bits per heavy atom. The van der Waals surface area contributed by atoms with Gasteiger partial charge in [0.1, 0.15) is 11.2 Å². The topological polar surface area (TPSA) is 79.6 Å². The molecule has 1 N–H and O–H groups in total. The van der Waals surface area contributed by atoms with E-state index in [1.807, 2.05) is 0 Å². The van der Waals surface area contributed by atoms with Crippen molar-refractivity contribution in [2.24, 2.45) is 5.41 Å². The van der Waals surface area contributed by atoms with Crippen molar-refractivity contribution in [3.8, 4) is 0 Å². The fourth-order valence-electron chi connectivity index (χ4n) is 2.58. The number of imide groups is 2. The summed E-state index contributed by atoms with van der Waals surface area (Å²) in [7, 11) is 0. The summed E-state index contributed by atoms with van der Waals surface area (Å²) in [4.78, 5) is 37.8. The minimum absolute atomic E-state index is 0.350. The SMILES string of the molecule is CCC1(CC)C(=O)NC(=O)N(C(C)c2ccco2)C1=O. The zero-order valence-corrected chi connectivity index (χ0v) is 11.8. The number of barbiturate groups is 1. The maximum atomic E-state index is 12.7. The van der Waals surface area contributed by atoms with Gasteiger partial charge in [0.05, 0.1) is 12.3 Å². The molecular formula is C14H18N2O4. The third-order valence-electron chi connectivity index (χ3n) is 4.05. The summed E-state index contributed by atoms with van der Waals surface area (Å²) in [6, 6.07) is 2.14. The number of hydrogen-bond acceptors (Lipinski definition) is 4. The summed E-state index contributed by atoms with van der Waals surface area (Å²) in [6.07, 6.45) is 2.18.